The molecule has 0 rings (SSSR count). The molecular formula is C6H12N2O. The second-order valence-corrected chi connectivity index (χ2v) is 2.07. The summed E-state index contributed by atoms with van der Waals surface area (Å²) in [5, 5.41) is 2.73. The number of hydrogen-bond donors (Lipinski definition) is 1. The van der Waals surface area contributed by atoms with Gasteiger partial charge >= 0.3 is 0 Å². The van der Waals surface area contributed by atoms with Gasteiger partial charge in [-0.05, 0) is 14.1 Å². The van der Waals surface area contributed by atoms with E-state index in [2.05, 4.69) is 5.32 Å². The van der Waals surface area contributed by atoms with Gasteiger partial charge in [0, 0.05) is 13.6 Å². The Morgan fingerprint density at radius 3 is 2.33 bits per heavy atom. The molecule has 3 nitrogen and oxygen atoms in total. The lowest BCUT2D eigenvalue weighted by atomic mass is 10.4. The van der Waals surface area contributed by atoms with Gasteiger partial charge in [0.25, 0.3) is 0 Å². The van der Waals surface area contributed by atoms with E-state index in [4.69, 9.17) is 0 Å². The molecule has 0 radical (unpaired) electrons. The number of nitrogens with zero attached hydrogens (tertiary/aromatic N) is 1. The Morgan fingerprint density at radius 2 is 2.22 bits per heavy atom. The molecule has 1 N–H and O–H groups in total. The maximum Gasteiger partial charge on any atom is 0.146 e. The topological polar surface area (TPSA) is 32.3 Å². The van der Waals surface area contributed by atoms with E-state index in [1.807, 2.05) is 19.0 Å². The van der Waals surface area contributed by atoms with Crippen LogP contribution in [0, 0.1) is 0 Å². The third-order valence-corrected chi connectivity index (χ3v) is 0.899. The zero-order valence-electron chi connectivity index (χ0n) is 6.06. The maximum atomic E-state index is 10.0. The smallest absolute Gasteiger partial charge is 0.146 e. The van der Waals surface area contributed by atoms with Crippen molar-refractivity contribution in [2.24, 2.45) is 0 Å². The molecule has 0 unspecified atom stereocenters. The molecule has 0 heterocycles. The molecule has 3 heteroatoms. The van der Waals surface area contributed by atoms with Gasteiger partial charge in [0.1, 0.15) is 11.6 Å². The summed E-state index contributed by atoms with van der Waals surface area (Å²) in [5.41, 5.74) is 0.583. The van der Waals surface area contributed by atoms with Gasteiger partial charge in [-0.3, -0.25) is 0 Å². The van der Waals surface area contributed by atoms with Crippen molar-refractivity contribution in [1.29, 1.82) is 0 Å². The summed E-state index contributed by atoms with van der Waals surface area (Å²) in [7, 11) is 5.51. The van der Waals surface area contributed by atoms with Crippen molar-refractivity contribution in [3.63, 3.8) is 0 Å². The molecule has 0 fully saturated rings. The number of carbonyl (C=O) groups excluding carboxylic acids is 1. The van der Waals surface area contributed by atoms with Crippen molar-refractivity contribution in [2.75, 3.05) is 27.7 Å². The predicted molar refractivity (Wildman–Crippen MR) is 36.8 cm³/mol. The van der Waals surface area contributed by atoms with Gasteiger partial charge in [-0.2, -0.15) is 0 Å². The molecular weight excluding hydrogens is 116 g/mol. The van der Waals surface area contributed by atoms with Crippen molar-refractivity contribution < 1.29 is 4.79 Å². The van der Waals surface area contributed by atoms with Crippen LogP contribution < -0.4 is 5.32 Å². The largest absolute Gasteiger partial charge is 0.381 e. The molecule has 0 aromatic rings. The highest BCUT2D eigenvalue weighted by Crippen LogP contribution is 1.81. The number of rotatable bonds is 3. The quantitative estimate of drug-likeness (QED) is 0.519. The molecule has 0 aromatic carbocycles. The van der Waals surface area contributed by atoms with E-state index in [1.54, 1.807) is 13.0 Å². The Bertz CT molecular complexity index is 125. The molecule has 0 aliphatic rings. The average molecular weight is 128 g/mol. The third kappa shape index (κ3) is 3.76. The Labute approximate surface area is 55.3 Å². The van der Waals surface area contributed by atoms with Crippen LogP contribution in [0.25, 0.3) is 0 Å². The lowest BCUT2D eigenvalue weighted by Gasteiger charge is -2.08. The Kier molecular flexibility index (Phi) is 3.76. The van der Waals surface area contributed by atoms with Crippen molar-refractivity contribution in [3.05, 3.63) is 5.70 Å². The first-order valence-corrected chi connectivity index (χ1v) is 2.77. The van der Waals surface area contributed by atoms with Gasteiger partial charge in [-0.25, -0.2) is 4.79 Å². The zero-order valence-corrected chi connectivity index (χ0v) is 6.06. The van der Waals surface area contributed by atoms with Crippen LogP contribution in [-0.4, -0.2) is 38.5 Å². The molecule has 52 valence electrons. The van der Waals surface area contributed by atoms with Crippen molar-refractivity contribution in [1.82, 2.24) is 10.2 Å². The van der Waals surface area contributed by atoms with Crippen LogP contribution in [0.5, 0.6) is 0 Å². The summed E-state index contributed by atoms with van der Waals surface area (Å²) >= 11 is 0. The summed E-state index contributed by atoms with van der Waals surface area (Å²) in [6.45, 7) is 0.625. The second-order valence-electron chi connectivity index (χ2n) is 2.07. The average Bonchev–Trinajstić information content (AvgIpc) is 1.82. The monoisotopic (exact) mass is 128 g/mol. The van der Waals surface area contributed by atoms with Crippen LogP contribution in [0.2, 0.25) is 0 Å². The number of hydrogen-bond acceptors (Lipinski definition) is 3. The number of likely N-dealkylation sites (N-methyl/N-ethyl adjacent to an activating group) is 2. The highest BCUT2D eigenvalue weighted by Gasteiger charge is 1.94. The van der Waals surface area contributed by atoms with Crippen LogP contribution in [0.3, 0.4) is 0 Å². The van der Waals surface area contributed by atoms with Gasteiger partial charge in [0.2, 0.25) is 0 Å². The Hall–Kier alpha value is -0.790. The van der Waals surface area contributed by atoms with Crippen LogP contribution in [0.4, 0.5) is 0 Å². The molecule has 0 saturated carbocycles. The summed E-state index contributed by atoms with van der Waals surface area (Å²) in [6, 6.07) is 0. The summed E-state index contributed by atoms with van der Waals surface area (Å²) in [4.78, 5) is 11.9. The van der Waals surface area contributed by atoms with E-state index < -0.39 is 0 Å². The van der Waals surface area contributed by atoms with Gasteiger partial charge < -0.3 is 10.2 Å². The Balaban J connectivity index is 3.72. The van der Waals surface area contributed by atoms with E-state index in [-0.39, 0.29) is 0 Å². The van der Waals surface area contributed by atoms with Crippen LogP contribution in [-0.2, 0) is 4.79 Å². The lowest BCUT2D eigenvalue weighted by molar-refractivity contribution is 0.436. The molecule has 0 saturated heterocycles. The summed E-state index contributed by atoms with van der Waals surface area (Å²) < 4.78 is 0. The van der Waals surface area contributed by atoms with Gasteiger partial charge in [0.05, 0.1) is 0 Å². The molecule has 0 amide bonds. The van der Waals surface area contributed by atoms with Crippen molar-refractivity contribution in [3.8, 4) is 0 Å². The fraction of sp³-hybridized carbons (Fsp3) is 0.667. The van der Waals surface area contributed by atoms with E-state index in [9.17, 15) is 4.79 Å². The Morgan fingerprint density at radius 1 is 1.67 bits per heavy atom. The minimum atomic E-state index is 0.583. The molecule has 0 bridgehead atoms. The highest BCUT2D eigenvalue weighted by atomic mass is 16.1. The van der Waals surface area contributed by atoms with Gasteiger partial charge in [-0.15, -0.1) is 0 Å². The van der Waals surface area contributed by atoms with E-state index in [1.165, 1.54) is 0 Å². The zero-order chi connectivity index (χ0) is 7.28. The van der Waals surface area contributed by atoms with E-state index >= 15 is 0 Å². The molecule has 0 atom stereocenters. The lowest BCUT2D eigenvalue weighted by Crippen LogP contribution is -2.22. The fourth-order valence-corrected chi connectivity index (χ4v) is 0.479. The van der Waals surface area contributed by atoms with E-state index in [0.29, 0.717) is 12.2 Å². The standard InChI is InChI=1S/C6H12N2O/c1-7-6(5-9)4-8(2)3/h7H,4H2,1-3H3. The van der Waals surface area contributed by atoms with Crippen molar-refractivity contribution >= 4 is 5.94 Å². The first-order chi connectivity index (χ1) is 4.20. The fourth-order valence-electron chi connectivity index (χ4n) is 0.479. The summed E-state index contributed by atoms with van der Waals surface area (Å²) in [5.74, 6) is 1.80. The first-order valence-electron chi connectivity index (χ1n) is 2.77. The minimum Gasteiger partial charge on any atom is -0.381 e. The maximum absolute atomic E-state index is 10.0. The molecule has 0 aliphatic heterocycles. The minimum absolute atomic E-state index is 0.583. The number of nitrogens with one attached hydrogen (secondary N) is 1. The highest BCUT2D eigenvalue weighted by molar-refractivity contribution is 5.51. The predicted octanol–water partition coefficient (Wildman–Crippen LogP) is -0.517. The van der Waals surface area contributed by atoms with Crippen molar-refractivity contribution in [2.45, 2.75) is 0 Å². The van der Waals surface area contributed by atoms with E-state index in [0.717, 1.165) is 0 Å². The first kappa shape index (κ1) is 8.21. The SMILES string of the molecule is CNC(=C=O)CN(C)C. The second kappa shape index (κ2) is 4.13. The van der Waals surface area contributed by atoms with Crippen LogP contribution >= 0.6 is 0 Å². The third-order valence-electron chi connectivity index (χ3n) is 0.899. The molecule has 0 spiro atoms. The van der Waals surface area contributed by atoms with Gasteiger partial charge in [-0.1, -0.05) is 0 Å². The van der Waals surface area contributed by atoms with Crippen LogP contribution in [0.15, 0.2) is 5.70 Å². The molecule has 9 heavy (non-hydrogen) atoms. The molecule has 0 aliphatic carbocycles. The molecule has 0 aromatic heterocycles. The van der Waals surface area contributed by atoms with Crippen LogP contribution in [0.1, 0.15) is 0 Å². The normalized spacial score (nSPS) is 8.89. The van der Waals surface area contributed by atoms with Gasteiger partial charge in [0.15, 0.2) is 0 Å². The summed E-state index contributed by atoms with van der Waals surface area (Å²) in [6.07, 6.45) is 0.